The molecule has 1 unspecified atom stereocenters. The van der Waals surface area contributed by atoms with Gasteiger partial charge in [-0.25, -0.2) is 11.1 Å². The van der Waals surface area contributed by atoms with Gasteiger partial charge in [-0.15, -0.1) is 42.0 Å². The van der Waals surface area contributed by atoms with E-state index < -0.39 is 0 Å². The quantitative estimate of drug-likeness (QED) is 0.155. The molecule has 2 nitrogen and oxygen atoms in total. The van der Waals surface area contributed by atoms with Crippen LogP contribution in [-0.2, 0) is 25.6 Å². The largest absolute Gasteiger partial charge is 3.00 e. The van der Waals surface area contributed by atoms with Crippen molar-refractivity contribution in [3.63, 3.8) is 0 Å². The summed E-state index contributed by atoms with van der Waals surface area (Å²) < 4.78 is 2.44. The molecule has 1 aromatic heterocycles. The van der Waals surface area contributed by atoms with Gasteiger partial charge in [0.15, 0.2) is 0 Å². The molecule has 1 aliphatic heterocycles. The van der Waals surface area contributed by atoms with Gasteiger partial charge in [-0.2, -0.15) is 48.5 Å². The number of rotatable bonds is 1. The zero-order chi connectivity index (χ0) is 27.4. The van der Waals surface area contributed by atoms with Gasteiger partial charge in [0, 0.05) is 0 Å². The van der Waals surface area contributed by atoms with E-state index in [0.717, 1.165) is 33.5 Å². The molecule has 2 aliphatic rings. The number of fused-ring (bicyclic) bond motifs is 10. The molecule has 200 valence electrons. The summed E-state index contributed by atoms with van der Waals surface area (Å²) in [5.41, 5.74) is 12.9. The molecule has 0 saturated heterocycles. The fourth-order valence-electron chi connectivity index (χ4n) is 6.65. The van der Waals surface area contributed by atoms with Gasteiger partial charge in [0.25, 0.3) is 0 Å². The van der Waals surface area contributed by atoms with Crippen LogP contribution in [0.15, 0.2) is 133 Å². The van der Waals surface area contributed by atoms with Crippen molar-refractivity contribution in [2.75, 3.05) is 0 Å². The molecule has 0 saturated carbocycles. The Morgan fingerprint density at radius 3 is 1.90 bits per heavy atom. The zero-order valence-corrected chi connectivity index (χ0v) is 25.3. The first-order valence-corrected chi connectivity index (χ1v) is 13.9. The Balaban J connectivity index is 0.000000188. The third kappa shape index (κ3) is 3.85. The standard InChI is InChI=1S/C27H17N2.C12H8.Ir/c1-27-22-14-5-4-10-18(22)20-13-8-12-19(25(20)27)17-9-2-3-11-21(17)26-28-23-15-6-7-16-24(23)29(26)27;1-3-7-11(8-4-1)12-9-5-2-6-10-12;/h2-10,12-16H,1H3;1-7,9H;/q-1;-2;+3. The van der Waals surface area contributed by atoms with Crippen molar-refractivity contribution in [3.05, 3.63) is 163 Å². The second kappa shape index (κ2) is 10.4. The second-order valence-electron chi connectivity index (χ2n) is 10.6. The zero-order valence-electron chi connectivity index (χ0n) is 22.9. The Morgan fingerprint density at radius 1 is 0.571 bits per heavy atom. The van der Waals surface area contributed by atoms with E-state index in [4.69, 9.17) is 4.98 Å². The summed E-state index contributed by atoms with van der Waals surface area (Å²) in [6.07, 6.45) is 0. The molecule has 9 rings (SSSR count). The smallest absolute Gasteiger partial charge is 0.350 e. The van der Waals surface area contributed by atoms with Crippen LogP contribution in [0.2, 0.25) is 0 Å². The summed E-state index contributed by atoms with van der Waals surface area (Å²) in [6.45, 7) is 2.35. The first-order valence-electron chi connectivity index (χ1n) is 13.9. The van der Waals surface area contributed by atoms with E-state index >= 15 is 0 Å². The Bertz CT molecular complexity index is 2020. The summed E-state index contributed by atoms with van der Waals surface area (Å²) in [6, 6.07) is 55.9. The van der Waals surface area contributed by atoms with Crippen LogP contribution in [0.25, 0.3) is 55.8 Å². The summed E-state index contributed by atoms with van der Waals surface area (Å²) in [5.74, 6) is 0.989. The van der Waals surface area contributed by atoms with Crippen LogP contribution in [0.1, 0.15) is 18.1 Å². The first kappa shape index (κ1) is 26.3. The predicted octanol–water partition coefficient (Wildman–Crippen LogP) is 9.23. The van der Waals surface area contributed by atoms with Gasteiger partial charge >= 0.3 is 20.1 Å². The van der Waals surface area contributed by atoms with Crippen molar-refractivity contribution in [1.82, 2.24) is 9.55 Å². The van der Waals surface area contributed by atoms with E-state index in [2.05, 4.69) is 109 Å². The SMILES string of the molecule is CC12c3ccccc3-c3cccc(c31)-c1ccc[c-]c1-c1nc3ccccc3n12.[Ir+3].[c-]1ccccc1-c1[c-]cccc1. The molecule has 2 heterocycles. The Labute approximate surface area is 259 Å². The number of hydrogen-bond donors (Lipinski definition) is 0. The molecule has 1 aliphatic carbocycles. The van der Waals surface area contributed by atoms with E-state index in [1.165, 1.54) is 33.4 Å². The first-order chi connectivity index (χ1) is 20.2. The Kier molecular flexibility index (Phi) is 6.50. The van der Waals surface area contributed by atoms with Gasteiger partial charge in [-0.1, -0.05) is 65.7 Å². The van der Waals surface area contributed by atoms with Gasteiger partial charge in [0.2, 0.25) is 0 Å². The van der Waals surface area contributed by atoms with Crippen molar-refractivity contribution >= 4 is 11.0 Å². The molecule has 0 fully saturated rings. The van der Waals surface area contributed by atoms with E-state index in [1.54, 1.807) is 0 Å². The van der Waals surface area contributed by atoms with Gasteiger partial charge in [-0.3, -0.25) is 4.98 Å². The average Bonchev–Trinajstić information content (AvgIpc) is 3.54. The molecule has 7 aromatic rings. The number of benzene rings is 6. The fourth-order valence-corrected chi connectivity index (χ4v) is 6.65. The van der Waals surface area contributed by atoms with Crippen LogP contribution in [0.3, 0.4) is 0 Å². The third-order valence-electron chi connectivity index (χ3n) is 8.38. The summed E-state index contributed by atoms with van der Waals surface area (Å²) in [4.78, 5) is 5.11. The topological polar surface area (TPSA) is 17.8 Å². The van der Waals surface area contributed by atoms with Crippen LogP contribution >= 0.6 is 0 Å². The van der Waals surface area contributed by atoms with Gasteiger partial charge in [0.05, 0.1) is 22.4 Å². The molecule has 42 heavy (non-hydrogen) atoms. The van der Waals surface area contributed by atoms with Gasteiger partial charge in [0.1, 0.15) is 0 Å². The maximum Gasteiger partial charge on any atom is 3.00 e. The molecule has 6 aromatic carbocycles. The molecular weight excluding hydrogens is 689 g/mol. The number of imidazole rings is 1. The molecule has 3 heteroatoms. The van der Waals surface area contributed by atoms with Crippen molar-refractivity contribution in [2.45, 2.75) is 12.5 Å². The van der Waals surface area contributed by atoms with Crippen molar-refractivity contribution in [3.8, 4) is 44.8 Å². The number of hydrogen-bond acceptors (Lipinski definition) is 1. The van der Waals surface area contributed by atoms with E-state index in [-0.39, 0.29) is 25.6 Å². The summed E-state index contributed by atoms with van der Waals surface area (Å²) >= 11 is 0. The third-order valence-corrected chi connectivity index (χ3v) is 8.38. The van der Waals surface area contributed by atoms with Crippen molar-refractivity contribution < 1.29 is 20.1 Å². The summed E-state index contributed by atoms with van der Waals surface area (Å²) in [5, 5.41) is 0. The van der Waals surface area contributed by atoms with E-state index in [9.17, 15) is 0 Å². The molecule has 1 atom stereocenters. The molecule has 0 amide bonds. The van der Waals surface area contributed by atoms with Crippen molar-refractivity contribution in [1.29, 1.82) is 0 Å². The molecular formula is C39H25IrN2. The van der Waals surface area contributed by atoms with E-state index in [0.29, 0.717) is 0 Å². The number of nitrogens with zero attached hydrogens (tertiary/aromatic N) is 2. The minimum atomic E-state index is -0.333. The normalized spacial score (nSPS) is 15.2. The second-order valence-corrected chi connectivity index (χ2v) is 10.6. The Hall–Kier alpha value is -4.56. The minimum absolute atomic E-state index is 0. The van der Waals surface area contributed by atoms with Crippen LogP contribution in [-0.4, -0.2) is 9.55 Å². The maximum atomic E-state index is 5.11. The van der Waals surface area contributed by atoms with Crippen LogP contribution in [0.4, 0.5) is 0 Å². The molecule has 0 spiro atoms. The number of para-hydroxylation sites is 2. The van der Waals surface area contributed by atoms with Crippen LogP contribution in [0, 0.1) is 18.2 Å². The molecule has 0 N–H and O–H groups in total. The van der Waals surface area contributed by atoms with Crippen LogP contribution in [0.5, 0.6) is 0 Å². The monoisotopic (exact) mass is 714 g/mol. The number of aromatic nitrogens is 2. The van der Waals surface area contributed by atoms with Crippen LogP contribution < -0.4 is 0 Å². The van der Waals surface area contributed by atoms with E-state index in [1.807, 2.05) is 54.6 Å². The maximum absolute atomic E-state index is 5.11. The fraction of sp³-hybridized carbons (Fsp3) is 0.0513. The molecule has 0 radical (unpaired) electrons. The Morgan fingerprint density at radius 2 is 1.17 bits per heavy atom. The van der Waals surface area contributed by atoms with Gasteiger partial charge in [-0.05, 0) is 41.3 Å². The summed E-state index contributed by atoms with van der Waals surface area (Å²) in [7, 11) is 0. The predicted molar refractivity (Wildman–Crippen MR) is 166 cm³/mol. The van der Waals surface area contributed by atoms with Gasteiger partial charge < -0.3 is 4.57 Å². The molecule has 0 bridgehead atoms. The average molecular weight is 714 g/mol. The van der Waals surface area contributed by atoms with Crippen molar-refractivity contribution in [2.24, 2.45) is 0 Å². The minimum Gasteiger partial charge on any atom is -0.350 e.